The number of rotatable bonds is 5. The molecule has 0 saturated carbocycles. The minimum absolute atomic E-state index is 0.0214. The fraction of sp³-hybridized carbons (Fsp3) is 0.600. The standard InChI is InChI=1S/C20H26F2N2O3/c1-3-17(19(26)27-2)23-6-4-20(5-7-23)11-18(25)24(13-20)12-14-8-15(21)10-16(22)9-14/h8-10,17H,3-7,11-13H2,1-2H3. The zero-order valence-electron chi connectivity index (χ0n) is 15.8. The van der Waals surface area contributed by atoms with Crippen molar-refractivity contribution in [1.29, 1.82) is 0 Å². The average Bonchev–Trinajstić information content (AvgIpc) is 2.91. The minimum Gasteiger partial charge on any atom is -0.468 e. The van der Waals surface area contributed by atoms with Gasteiger partial charge in [0.2, 0.25) is 5.91 Å². The van der Waals surface area contributed by atoms with Crippen LogP contribution in [-0.2, 0) is 20.9 Å². The van der Waals surface area contributed by atoms with Crippen LogP contribution in [0.3, 0.4) is 0 Å². The number of piperidine rings is 1. The number of carbonyl (C=O) groups excluding carboxylic acids is 2. The molecular weight excluding hydrogens is 354 g/mol. The highest BCUT2D eigenvalue weighted by Crippen LogP contribution is 2.42. The van der Waals surface area contributed by atoms with Gasteiger partial charge in [0.05, 0.1) is 7.11 Å². The summed E-state index contributed by atoms with van der Waals surface area (Å²) in [6.45, 7) is 4.25. The second kappa shape index (κ2) is 7.92. The molecule has 0 radical (unpaired) electrons. The molecule has 148 valence electrons. The first-order valence-corrected chi connectivity index (χ1v) is 9.40. The number of carbonyl (C=O) groups is 2. The van der Waals surface area contributed by atoms with Crippen molar-refractivity contribution in [3.63, 3.8) is 0 Å². The summed E-state index contributed by atoms with van der Waals surface area (Å²) < 4.78 is 31.7. The van der Waals surface area contributed by atoms with Crippen LogP contribution in [0.5, 0.6) is 0 Å². The number of likely N-dealkylation sites (tertiary alicyclic amines) is 2. The maximum Gasteiger partial charge on any atom is 0.323 e. The minimum atomic E-state index is -0.631. The van der Waals surface area contributed by atoms with E-state index in [1.165, 1.54) is 19.2 Å². The van der Waals surface area contributed by atoms with Crippen LogP contribution in [0.25, 0.3) is 0 Å². The normalized spacial score (nSPS) is 20.9. The summed E-state index contributed by atoms with van der Waals surface area (Å²) in [7, 11) is 1.40. The lowest BCUT2D eigenvalue weighted by atomic mass is 9.77. The molecular formula is C20H26F2N2O3. The number of hydrogen-bond acceptors (Lipinski definition) is 4. The quantitative estimate of drug-likeness (QED) is 0.737. The Hall–Kier alpha value is -2.02. The molecule has 1 atom stereocenters. The molecule has 2 saturated heterocycles. The molecule has 5 nitrogen and oxygen atoms in total. The summed E-state index contributed by atoms with van der Waals surface area (Å²) in [6, 6.07) is 3.13. The first kappa shape index (κ1) is 19.7. The van der Waals surface area contributed by atoms with E-state index >= 15 is 0 Å². The predicted octanol–water partition coefficient (Wildman–Crippen LogP) is 2.73. The first-order valence-electron chi connectivity index (χ1n) is 9.40. The molecule has 1 spiro atoms. The van der Waals surface area contributed by atoms with Crippen LogP contribution in [0.15, 0.2) is 18.2 Å². The number of methoxy groups -OCH3 is 1. The van der Waals surface area contributed by atoms with Gasteiger partial charge in [-0.2, -0.15) is 0 Å². The van der Waals surface area contributed by atoms with Gasteiger partial charge in [-0.15, -0.1) is 0 Å². The van der Waals surface area contributed by atoms with Crippen molar-refractivity contribution < 1.29 is 23.1 Å². The Morgan fingerprint density at radius 3 is 2.41 bits per heavy atom. The van der Waals surface area contributed by atoms with Crippen molar-refractivity contribution in [3.8, 4) is 0 Å². The third-order valence-corrected chi connectivity index (χ3v) is 5.86. The molecule has 2 aliphatic rings. The summed E-state index contributed by atoms with van der Waals surface area (Å²) >= 11 is 0. The van der Waals surface area contributed by atoms with Crippen LogP contribution in [0, 0.1) is 17.0 Å². The van der Waals surface area contributed by atoms with E-state index in [4.69, 9.17) is 4.74 Å². The topological polar surface area (TPSA) is 49.9 Å². The van der Waals surface area contributed by atoms with E-state index in [0.29, 0.717) is 24.9 Å². The molecule has 0 N–H and O–H groups in total. The average molecular weight is 380 g/mol. The molecule has 3 rings (SSSR count). The van der Waals surface area contributed by atoms with E-state index in [0.717, 1.165) is 32.0 Å². The second-order valence-electron chi connectivity index (χ2n) is 7.69. The Balaban J connectivity index is 1.63. The van der Waals surface area contributed by atoms with E-state index in [1.807, 2.05) is 6.92 Å². The van der Waals surface area contributed by atoms with Gasteiger partial charge in [-0.25, -0.2) is 8.78 Å². The molecule has 1 unspecified atom stereocenters. The van der Waals surface area contributed by atoms with Crippen molar-refractivity contribution in [2.24, 2.45) is 5.41 Å². The Bertz CT molecular complexity index is 697. The largest absolute Gasteiger partial charge is 0.468 e. The van der Waals surface area contributed by atoms with Gasteiger partial charge in [-0.1, -0.05) is 6.92 Å². The van der Waals surface area contributed by atoms with E-state index in [9.17, 15) is 18.4 Å². The summed E-state index contributed by atoms with van der Waals surface area (Å²) in [5.74, 6) is -1.46. The molecule has 2 fully saturated rings. The highest BCUT2D eigenvalue weighted by molar-refractivity contribution is 5.79. The molecule has 1 aromatic rings. The molecule has 7 heteroatoms. The molecule has 1 aromatic carbocycles. The fourth-order valence-electron chi connectivity index (χ4n) is 4.40. The van der Waals surface area contributed by atoms with E-state index in [2.05, 4.69) is 4.90 Å². The van der Waals surface area contributed by atoms with Crippen LogP contribution >= 0.6 is 0 Å². The Kier molecular flexibility index (Phi) is 5.79. The number of ether oxygens (including phenoxy) is 1. The van der Waals surface area contributed by atoms with Gasteiger partial charge in [0.25, 0.3) is 0 Å². The van der Waals surface area contributed by atoms with Crippen LogP contribution in [0.2, 0.25) is 0 Å². The van der Waals surface area contributed by atoms with E-state index < -0.39 is 11.6 Å². The SMILES string of the molecule is CCC(C(=O)OC)N1CCC2(CC1)CC(=O)N(Cc1cc(F)cc(F)c1)C2. The highest BCUT2D eigenvalue weighted by Gasteiger charge is 2.46. The molecule has 0 aliphatic carbocycles. The van der Waals surface area contributed by atoms with E-state index in [-0.39, 0.29) is 29.9 Å². The number of amides is 1. The van der Waals surface area contributed by atoms with Crippen molar-refractivity contribution in [3.05, 3.63) is 35.4 Å². The van der Waals surface area contributed by atoms with Crippen LogP contribution < -0.4 is 0 Å². The summed E-state index contributed by atoms with van der Waals surface area (Å²) in [5.41, 5.74) is 0.348. The number of nitrogens with zero attached hydrogens (tertiary/aromatic N) is 2. The van der Waals surface area contributed by atoms with Crippen molar-refractivity contribution in [2.45, 2.75) is 45.2 Å². The third-order valence-electron chi connectivity index (χ3n) is 5.86. The number of hydrogen-bond donors (Lipinski definition) is 0. The molecule has 0 aromatic heterocycles. The Labute approximate surface area is 158 Å². The van der Waals surface area contributed by atoms with Crippen molar-refractivity contribution >= 4 is 11.9 Å². The van der Waals surface area contributed by atoms with Crippen LogP contribution in [0.4, 0.5) is 8.78 Å². The zero-order chi connectivity index (χ0) is 19.6. The molecule has 2 aliphatic heterocycles. The number of halogens is 2. The Morgan fingerprint density at radius 1 is 1.22 bits per heavy atom. The van der Waals surface area contributed by atoms with Crippen molar-refractivity contribution in [2.75, 3.05) is 26.7 Å². The summed E-state index contributed by atoms with van der Waals surface area (Å²) in [4.78, 5) is 28.3. The maximum absolute atomic E-state index is 13.4. The maximum atomic E-state index is 13.4. The van der Waals surface area contributed by atoms with Crippen LogP contribution in [-0.4, -0.2) is 54.5 Å². The monoisotopic (exact) mass is 380 g/mol. The lowest BCUT2D eigenvalue weighted by molar-refractivity contribution is -0.148. The third kappa shape index (κ3) is 4.29. The lowest BCUT2D eigenvalue weighted by Crippen LogP contribution is -2.49. The second-order valence-corrected chi connectivity index (χ2v) is 7.69. The van der Waals surface area contributed by atoms with Crippen molar-refractivity contribution in [1.82, 2.24) is 9.80 Å². The van der Waals surface area contributed by atoms with Gasteiger partial charge in [0.15, 0.2) is 0 Å². The van der Waals surface area contributed by atoms with Gasteiger partial charge >= 0.3 is 5.97 Å². The van der Waals surface area contributed by atoms with Gasteiger partial charge in [-0.3, -0.25) is 14.5 Å². The molecule has 1 amide bonds. The fourth-order valence-corrected chi connectivity index (χ4v) is 4.40. The predicted molar refractivity (Wildman–Crippen MR) is 95.7 cm³/mol. The van der Waals surface area contributed by atoms with Gasteiger partial charge < -0.3 is 9.64 Å². The number of esters is 1. The van der Waals surface area contributed by atoms with Gasteiger partial charge in [0, 0.05) is 25.6 Å². The first-order chi connectivity index (χ1) is 12.9. The van der Waals surface area contributed by atoms with Gasteiger partial charge in [0.1, 0.15) is 17.7 Å². The Morgan fingerprint density at radius 2 is 1.85 bits per heavy atom. The summed E-state index contributed by atoms with van der Waals surface area (Å²) in [6.07, 6.45) is 2.78. The van der Waals surface area contributed by atoms with E-state index in [1.54, 1.807) is 4.90 Å². The van der Waals surface area contributed by atoms with Crippen LogP contribution in [0.1, 0.15) is 38.2 Å². The van der Waals surface area contributed by atoms with Gasteiger partial charge in [-0.05, 0) is 55.5 Å². The molecule has 2 heterocycles. The zero-order valence-corrected chi connectivity index (χ0v) is 15.8. The molecule has 0 bridgehead atoms. The molecule has 27 heavy (non-hydrogen) atoms. The lowest BCUT2D eigenvalue weighted by Gasteiger charge is -2.41. The summed E-state index contributed by atoms with van der Waals surface area (Å²) in [5, 5.41) is 0. The smallest absolute Gasteiger partial charge is 0.323 e. The highest BCUT2D eigenvalue weighted by atomic mass is 19.1. The number of benzene rings is 1.